The van der Waals surface area contributed by atoms with Crippen LogP contribution in [0.5, 0.6) is 5.75 Å². The highest BCUT2D eigenvalue weighted by molar-refractivity contribution is 5.99. The minimum absolute atomic E-state index is 0.113. The quantitative estimate of drug-likeness (QED) is 0.703. The highest BCUT2D eigenvalue weighted by Crippen LogP contribution is 2.30. The third kappa shape index (κ3) is 3.97. The maximum Gasteiger partial charge on any atom is 0.308 e. The molecule has 0 bridgehead atoms. The summed E-state index contributed by atoms with van der Waals surface area (Å²) in [6, 6.07) is 16.8. The molecule has 0 spiro atoms. The molecule has 0 radical (unpaired) electrons. The van der Waals surface area contributed by atoms with Crippen LogP contribution < -0.4 is 4.74 Å². The molecule has 0 aliphatic carbocycles. The van der Waals surface area contributed by atoms with E-state index in [2.05, 4.69) is 0 Å². The van der Waals surface area contributed by atoms with Gasteiger partial charge in [-0.05, 0) is 30.5 Å². The second-order valence-corrected chi connectivity index (χ2v) is 7.59. The molecule has 4 rings (SSSR count). The SMILES string of the molecule is CC1CC(C(=O)O)CN(C(=O)c2oc3ccccc3c2COc2ccccc2)C1. The molecule has 3 aromatic rings. The van der Waals surface area contributed by atoms with E-state index in [1.54, 1.807) is 4.90 Å². The standard InChI is InChI=1S/C23H23NO5/c1-15-11-16(23(26)27)13-24(12-15)22(25)21-19(14-28-17-7-3-2-4-8-17)18-9-5-6-10-20(18)29-21/h2-10,15-16H,11-14H2,1H3,(H,26,27). The summed E-state index contributed by atoms with van der Waals surface area (Å²) in [7, 11) is 0. The summed E-state index contributed by atoms with van der Waals surface area (Å²) in [5, 5.41) is 10.2. The van der Waals surface area contributed by atoms with E-state index >= 15 is 0 Å². The second kappa shape index (κ2) is 7.99. The van der Waals surface area contributed by atoms with E-state index in [1.165, 1.54) is 0 Å². The van der Waals surface area contributed by atoms with Crippen LogP contribution in [0.15, 0.2) is 59.0 Å². The van der Waals surface area contributed by atoms with Crippen molar-refractivity contribution in [2.75, 3.05) is 13.1 Å². The van der Waals surface area contributed by atoms with Gasteiger partial charge in [0.1, 0.15) is 17.9 Å². The molecule has 1 aliphatic heterocycles. The number of likely N-dealkylation sites (tertiary alicyclic amines) is 1. The van der Waals surface area contributed by atoms with Crippen LogP contribution in [0.1, 0.15) is 29.5 Å². The summed E-state index contributed by atoms with van der Waals surface area (Å²) in [5.74, 6) is -0.676. The lowest BCUT2D eigenvalue weighted by Gasteiger charge is -2.34. The van der Waals surface area contributed by atoms with E-state index in [-0.39, 0.29) is 30.7 Å². The van der Waals surface area contributed by atoms with Gasteiger partial charge in [-0.15, -0.1) is 0 Å². The van der Waals surface area contributed by atoms with Gasteiger partial charge in [0.15, 0.2) is 5.76 Å². The molecule has 1 amide bonds. The third-order valence-corrected chi connectivity index (χ3v) is 5.32. The van der Waals surface area contributed by atoms with Crippen molar-refractivity contribution in [2.24, 2.45) is 11.8 Å². The van der Waals surface area contributed by atoms with Crippen LogP contribution in [0.3, 0.4) is 0 Å². The molecule has 1 saturated heterocycles. The Kier molecular flexibility index (Phi) is 5.25. The van der Waals surface area contributed by atoms with Crippen molar-refractivity contribution in [3.8, 4) is 5.75 Å². The Morgan fingerprint density at radius 3 is 2.59 bits per heavy atom. The summed E-state index contributed by atoms with van der Waals surface area (Å²) >= 11 is 0. The summed E-state index contributed by atoms with van der Waals surface area (Å²) in [6.45, 7) is 2.86. The maximum atomic E-state index is 13.3. The number of carbonyl (C=O) groups excluding carboxylic acids is 1. The minimum atomic E-state index is -0.869. The number of amides is 1. The number of aliphatic carboxylic acids is 1. The number of para-hydroxylation sites is 2. The van der Waals surface area contributed by atoms with Crippen molar-refractivity contribution in [3.05, 3.63) is 65.9 Å². The third-order valence-electron chi connectivity index (χ3n) is 5.32. The first-order chi connectivity index (χ1) is 14.0. The molecular formula is C23H23NO5. The fourth-order valence-electron chi connectivity index (χ4n) is 3.93. The van der Waals surface area contributed by atoms with E-state index < -0.39 is 11.9 Å². The largest absolute Gasteiger partial charge is 0.489 e. The molecule has 2 unspecified atom stereocenters. The van der Waals surface area contributed by atoms with Gasteiger partial charge >= 0.3 is 5.97 Å². The first-order valence-corrected chi connectivity index (χ1v) is 9.73. The van der Waals surface area contributed by atoms with Gasteiger partial charge in [0.25, 0.3) is 5.91 Å². The highest BCUT2D eigenvalue weighted by Gasteiger charge is 2.34. The summed E-state index contributed by atoms with van der Waals surface area (Å²) in [6.07, 6.45) is 0.573. The molecule has 150 valence electrons. The molecular weight excluding hydrogens is 370 g/mol. The molecule has 2 atom stereocenters. The average Bonchev–Trinajstić information content (AvgIpc) is 3.10. The van der Waals surface area contributed by atoms with E-state index in [0.29, 0.717) is 29.9 Å². The number of hydrogen-bond donors (Lipinski definition) is 1. The van der Waals surface area contributed by atoms with Gasteiger partial charge in [-0.2, -0.15) is 0 Å². The molecule has 2 aromatic carbocycles. The zero-order valence-electron chi connectivity index (χ0n) is 16.2. The van der Waals surface area contributed by atoms with Crippen molar-refractivity contribution >= 4 is 22.8 Å². The normalized spacial score (nSPS) is 19.3. The number of furan rings is 1. The smallest absolute Gasteiger partial charge is 0.308 e. The highest BCUT2D eigenvalue weighted by atomic mass is 16.5. The Hall–Kier alpha value is -3.28. The van der Waals surface area contributed by atoms with Gasteiger partial charge in [0.05, 0.1) is 5.92 Å². The van der Waals surface area contributed by atoms with E-state index in [9.17, 15) is 14.7 Å². The predicted octanol–water partition coefficient (Wildman–Crippen LogP) is 4.19. The molecule has 1 N–H and O–H groups in total. The molecule has 2 heterocycles. The Bertz CT molecular complexity index is 1030. The molecule has 29 heavy (non-hydrogen) atoms. The minimum Gasteiger partial charge on any atom is -0.489 e. The molecule has 6 nitrogen and oxygen atoms in total. The van der Waals surface area contributed by atoms with Gasteiger partial charge in [-0.25, -0.2) is 0 Å². The van der Waals surface area contributed by atoms with Crippen molar-refractivity contribution < 1.29 is 23.8 Å². The number of nitrogens with zero attached hydrogens (tertiary/aromatic N) is 1. The van der Waals surface area contributed by atoms with Crippen LogP contribution in [-0.2, 0) is 11.4 Å². The number of carboxylic acids is 1. The van der Waals surface area contributed by atoms with Crippen molar-refractivity contribution in [1.82, 2.24) is 4.90 Å². The van der Waals surface area contributed by atoms with Gasteiger partial charge in [-0.3, -0.25) is 9.59 Å². The van der Waals surface area contributed by atoms with Gasteiger partial charge in [0.2, 0.25) is 0 Å². The Balaban J connectivity index is 1.65. The molecule has 1 aliphatic rings. The number of fused-ring (bicyclic) bond motifs is 1. The predicted molar refractivity (Wildman–Crippen MR) is 108 cm³/mol. The molecule has 1 aromatic heterocycles. The maximum absolute atomic E-state index is 13.3. The van der Waals surface area contributed by atoms with E-state index in [0.717, 1.165) is 5.39 Å². The first-order valence-electron chi connectivity index (χ1n) is 9.73. The van der Waals surface area contributed by atoms with Crippen LogP contribution in [0.2, 0.25) is 0 Å². The fraction of sp³-hybridized carbons (Fsp3) is 0.304. The number of hydrogen-bond acceptors (Lipinski definition) is 4. The Morgan fingerprint density at radius 1 is 1.10 bits per heavy atom. The molecule has 0 saturated carbocycles. The zero-order chi connectivity index (χ0) is 20.4. The van der Waals surface area contributed by atoms with Crippen LogP contribution in [0.25, 0.3) is 11.0 Å². The lowest BCUT2D eigenvalue weighted by Crippen LogP contribution is -2.45. The number of piperidine rings is 1. The van der Waals surface area contributed by atoms with Gasteiger partial charge < -0.3 is 19.2 Å². The van der Waals surface area contributed by atoms with Crippen LogP contribution in [-0.4, -0.2) is 35.0 Å². The zero-order valence-corrected chi connectivity index (χ0v) is 16.2. The Labute approximate surface area is 168 Å². The number of rotatable bonds is 5. The first kappa shape index (κ1) is 19.1. The Morgan fingerprint density at radius 2 is 1.83 bits per heavy atom. The lowest BCUT2D eigenvalue weighted by molar-refractivity contribution is -0.143. The number of ether oxygens (including phenoxy) is 1. The van der Waals surface area contributed by atoms with Crippen LogP contribution in [0.4, 0.5) is 0 Å². The van der Waals surface area contributed by atoms with Crippen molar-refractivity contribution in [1.29, 1.82) is 0 Å². The van der Waals surface area contributed by atoms with Crippen LogP contribution in [0, 0.1) is 11.8 Å². The van der Waals surface area contributed by atoms with Crippen molar-refractivity contribution in [3.63, 3.8) is 0 Å². The van der Waals surface area contributed by atoms with E-state index in [1.807, 2.05) is 61.5 Å². The lowest BCUT2D eigenvalue weighted by atomic mass is 9.90. The number of carboxylic acid groups (broad SMARTS) is 1. The summed E-state index contributed by atoms with van der Waals surface area (Å²) < 4.78 is 11.8. The van der Waals surface area contributed by atoms with Gasteiger partial charge in [0, 0.05) is 24.0 Å². The van der Waals surface area contributed by atoms with Crippen molar-refractivity contribution in [2.45, 2.75) is 20.0 Å². The average molecular weight is 393 g/mol. The fourth-order valence-corrected chi connectivity index (χ4v) is 3.93. The monoisotopic (exact) mass is 393 g/mol. The molecule has 1 fully saturated rings. The molecule has 6 heteroatoms. The summed E-state index contributed by atoms with van der Waals surface area (Å²) in [4.78, 5) is 26.4. The van der Waals surface area contributed by atoms with Gasteiger partial charge in [-0.1, -0.05) is 43.3 Å². The van der Waals surface area contributed by atoms with E-state index in [4.69, 9.17) is 9.15 Å². The van der Waals surface area contributed by atoms with Crippen LogP contribution >= 0.6 is 0 Å². The number of carbonyl (C=O) groups is 2. The summed E-state index contributed by atoms with van der Waals surface area (Å²) in [5.41, 5.74) is 1.29. The number of benzene rings is 2. The topological polar surface area (TPSA) is 80.0 Å². The second-order valence-electron chi connectivity index (χ2n) is 7.59.